The van der Waals surface area contributed by atoms with Gasteiger partial charge in [0.15, 0.2) is 0 Å². The average Bonchev–Trinajstić information content (AvgIpc) is 2.27. The summed E-state index contributed by atoms with van der Waals surface area (Å²) in [6.45, 7) is 4.63. The number of hydrogen-bond acceptors (Lipinski definition) is 1. The van der Waals surface area contributed by atoms with E-state index in [0.717, 1.165) is 12.8 Å². The maximum absolute atomic E-state index is 9.29. The van der Waals surface area contributed by atoms with Gasteiger partial charge in [-0.1, -0.05) is 50.6 Å². The molecular formula is C13H20O. The Morgan fingerprint density at radius 3 is 2.14 bits per heavy atom. The molecule has 0 radical (unpaired) electrons. The molecule has 1 aromatic rings. The molecule has 1 N–H and O–H groups in total. The quantitative estimate of drug-likeness (QED) is 0.759. The molecule has 0 spiro atoms. The Labute approximate surface area is 86.8 Å². The summed E-state index contributed by atoms with van der Waals surface area (Å²) < 4.78 is 0. The van der Waals surface area contributed by atoms with Crippen molar-refractivity contribution in [2.75, 3.05) is 6.61 Å². The molecule has 0 aliphatic heterocycles. The van der Waals surface area contributed by atoms with E-state index in [0.29, 0.717) is 18.4 Å². The van der Waals surface area contributed by atoms with E-state index in [2.05, 4.69) is 38.1 Å². The van der Waals surface area contributed by atoms with E-state index in [1.54, 1.807) is 0 Å². The molecule has 0 unspecified atom stereocenters. The van der Waals surface area contributed by atoms with E-state index in [4.69, 9.17) is 0 Å². The lowest BCUT2D eigenvalue weighted by atomic mass is 9.83. The molecule has 0 saturated carbocycles. The predicted octanol–water partition coefficient (Wildman–Crippen LogP) is 3.20. The lowest BCUT2D eigenvalue weighted by molar-refractivity contribution is 0.197. The Morgan fingerprint density at radius 1 is 1.07 bits per heavy atom. The Bertz CT molecular complexity index is 239. The van der Waals surface area contributed by atoms with Gasteiger partial charge in [-0.15, -0.1) is 0 Å². The van der Waals surface area contributed by atoms with Gasteiger partial charge in [0.05, 0.1) is 0 Å². The first-order chi connectivity index (χ1) is 6.83. The maximum atomic E-state index is 9.29. The SMILES string of the molecule is CC[C@H](CO)[C@@H](CC)c1ccccc1. The molecule has 0 amide bonds. The third-order valence-electron chi connectivity index (χ3n) is 3.00. The molecule has 2 atom stereocenters. The highest BCUT2D eigenvalue weighted by molar-refractivity contribution is 5.20. The van der Waals surface area contributed by atoms with Crippen molar-refractivity contribution in [1.82, 2.24) is 0 Å². The Balaban J connectivity index is 2.81. The van der Waals surface area contributed by atoms with Crippen LogP contribution in [0.3, 0.4) is 0 Å². The number of hydrogen-bond donors (Lipinski definition) is 1. The summed E-state index contributed by atoms with van der Waals surface area (Å²) in [4.78, 5) is 0. The van der Waals surface area contributed by atoms with Gasteiger partial charge in [-0.05, 0) is 23.8 Å². The first kappa shape index (κ1) is 11.3. The Morgan fingerprint density at radius 2 is 1.71 bits per heavy atom. The van der Waals surface area contributed by atoms with E-state index in [-0.39, 0.29) is 0 Å². The lowest BCUT2D eigenvalue weighted by Crippen LogP contribution is -2.15. The van der Waals surface area contributed by atoms with Crippen LogP contribution in [-0.4, -0.2) is 11.7 Å². The second-order valence-corrected chi connectivity index (χ2v) is 3.78. The van der Waals surface area contributed by atoms with Gasteiger partial charge in [0.1, 0.15) is 0 Å². The first-order valence-electron chi connectivity index (χ1n) is 5.49. The van der Waals surface area contributed by atoms with Crippen LogP contribution in [-0.2, 0) is 0 Å². The molecule has 14 heavy (non-hydrogen) atoms. The molecule has 0 saturated heterocycles. The summed E-state index contributed by atoms with van der Waals surface area (Å²) in [5.41, 5.74) is 1.36. The molecule has 0 heterocycles. The predicted molar refractivity (Wildman–Crippen MR) is 60.3 cm³/mol. The van der Waals surface area contributed by atoms with Gasteiger partial charge in [0, 0.05) is 6.61 Å². The van der Waals surface area contributed by atoms with Crippen LogP contribution in [0, 0.1) is 5.92 Å². The maximum Gasteiger partial charge on any atom is 0.0465 e. The van der Waals surface area contributed by atoms with Crippen LogP contribution in [0.5, 0.6) is 0 Å². The zero-order valence-corrected chi connectivity index (χ0v) is 9.11. The summed E-state index contributed by atoms with van der Waals surface area (Å²) in [6.07, 6.45) is 2.15. The minimum Gasteiger partial charge on any atom is -0.396 e. The van der Waals surface area contributed by atoms with Crippen molar-refractivity contribution in [3.63, 3.8) is 0 Å². The Hall–Kier alpha value is -0.820. The molecule has 0 aromatic heterocycles. The summed E-state index contributed by atoms with van der Waals surface area (Å²) in [5, 5.41) is 9.29. The van der Waals surface area contributed by atoms with Crippen molar-refractivity contribution in [2.24, 2.45) is 5.92 Å². The number of benzene rings is 1. The largest absolute Gasteiger partial charge is 0.396 e. The number of aliphatic hydroxyl groups is 1. The number of rotatable bonds is 5. The van der Waals surface area contributed by atoms with Crippen molar-refractivity contribution in [3.05, 3.63) is 35.9 Å². The highest BCUT2D eigenvalue weighted by Gasteiger charge is 2.18. The van der Waals surface area contributed by atoms with Gasteiger partial charge in [0.25, 0.3) is 0 Å². The van der Waals surface area contributed by atoms with Crippen LogP contribution in [0.25, 0.3) is 0 Å². The van der Waals surface area contributed by atoms with Gasteiger partial charge in [-0.25, -0.2) is 0 Å². The normalized spacial score (nSPS) is 15.1. The minimum atomic E-state index is 0.296. The topological polar surface area (TPSA) is 20.2 Å². The fourth-order valence-corrected chi connectivity index (χ4v) is 2.08. The van der Waals surface area contributed by atoms with Gasteiger partial charge in [0.2, 0.25) is 0 Å². The summed E-state index contributed by atoms with van der Waals surface area (Å²) in [5.74, 6) is 0.911. The Kier molecular flexibility index (Phi) is 4.68. The zero-order valence-electron chi connectivity index (χ0n) is 9.11. The minimum absolute atomic E-state index is 0.296. The second-order valence-electron chi connectivity index (χ2n) is 3.78. The fourth-order valence-electron chi connectivity index (χ4n) is 2.08. The monoisotopic (exact) mass is 192 g/mol. The van der Waals surface area contributed by atoms with Gasteiger partial charge < -0.3 is 5.11 Å². The molecule has 0 fully saturated rings. The molecule has 1 aromatic carbocycles. The smallest absolute Gasteiger partial charge is 0.0465 e. The average molecular weight is 192 g/mol. The molecule has 1 rings (SSSR count). The van der Waals surface area contributed by atoms with Gasteiger partial charge in [-0.2, -0.15) is 0 Å². The molecule has 0 bridgehead atoms. The van der Waals surface area contributed by atoms with Crippen LogP contribution < -0.4 is 0 Å². The van der Waals surface area contributed by atoms with Crippen LogP contribution in [0.15, 0.2) is 30.3 Å². The van der Waals surface area contributed by atoms with Gasteiger partial charge in [-0.3, -0.25) is 0 Å². The summed E-state index contributed by atoms with van der Waals surface area (Å²) in [7, 11) is 0. The van der Waals surface area contributed by atoms with E-state index in [9.17, 15) is 5.11 Å². The van der Waals surface area contributed by atoms with Crippen molar-refractivity contribution < 1.29 is 5.11 Å². The second kappa shape index (κ2) is 5.82. The van der Waals surface area contributed by atoms with Crippen LogP contribution >= 0.6 is 0 Å². The molecule has 1 heteroatoms. The van der Waals surface area contributed by atoms with E-state index < -0.39 is 0 Å². The third-order valence-corrected chi connectivity index (χ3v) is 3.00. The first-order valence-corrected chi connectivity index (χ1v) is 5.49. The van der Waals surface area contributed by atoms with E-state index >= 15 is 0 Å². The van der Waals surface area contributed by atoms with Crippen LogP contribution in [0.1, 0.15) is 38.2 Å². The molecule has 1 nitrogen and oxygen atoms in total. The zero-order chi connectivity index (χ0) is 10.4. The van der Waals surface area contributed by atoms with Crippen molar-refractivity contribution in [3.8, 4) is 0 Å². The summed E-state index contributed by atoms with van der Waals surface area (Å²) in [6, 6.07) is 10.5. The highest BCUT2D eigenvalue weighted by atomic mass is 16.3. The fraction of sp³-hybridized carbons (Fsp3) is 0.538. The molecule has 0 aliphatic carbocycles. The van der Waals surface area contributed by atoms with Crippen molar-refractivity contribution in [1.29, 1.82) is 0 Å². The lowest BCUT2D eigenvalue weighted by Gasteiger charge is -2.23. The molecular weight excluding hydrogens is 172 g/mol. The van der Waals surface area contributed by atoms with Crippen LogP contribution in [0.2, 0.25) is 0 Å². The molecule has 0 aliphatic rings. The third kappa shape index (κ3) is 2.58. The van der Waals surface area contributed by atoms with E-state index in [1.807, 2.05) is 6.07 Å². The van der Waals surface area contributed by atoms with E-state index in [1.165, 1.54) is 5.56 Å². The van der Waals surface area contributed by atoms with Crippen molar-refractivity contribution in [2.45, 2.75) is 32.6 Å². The van der Waals surface area contributed by atoms with Crippen LogP contribution in [0.4, 0.5) is 0 Å². The number of aliphatic hydroxyl groups excluding tert-OH is 1. The van der Waals surface area contributed by atoms with Crippen molar-refractivity contribution >= 4 is 0 Å². The summed E-state index contributed by atoms with van der Waals surface area (Å²) >= 11 is 0. The standard InChI is InChI=1S/C13H20O/c1-3-11(10-14)13(4-2)12-8-6-5-7-9-12/h5-9,11,13-14H,3-4,10H2,1-2H3/t11-,13-/m1/s1. The molecule has 78 valence electrons. The highest BCUT2D eigenvalue weighted by Crippen LogP contribution is 2.29. The van der Waals surface area contributed by atoms with Gasteiger partial charge >= 0.3 is 0 Å².